The van der Waals surface area contributed by atoms with Crippen LogP contribution in [0.25, 0.3) is 22.3 Å². The quantitative estimate of drug-likeness (QED) is 0.801. The van der Waals surface area contributed by atoms with Crippen LogP contribution in [0.5, 0.6) is 17.2 Å². The summed E-state index contributed by atoms with van der Waals surface area (Å²) < 4.78 is 16.2. The molecular weight excluding hydrogens is 296 g/mol. The van der Waals surface area contributed by atoms with Crippen LogP contribution < -0.4 is 14.9 Å². The van der Waals surface area contributed by atoms with Crippen LogP contribution in [-0.2, 0) is 0 Å². The molecule has 0 saturated carbocycles. The monoisotopic (exact) mass is 312 g/mol. The minimum atomic E-state index is -0.511. The maximum atomic E-state index is 12.5. The van der Waals surface area contributed by atoms with E-state index in [9.17, 15) is 9.90 Å². The Labute approximate surface area is 132 Å². The van der Waals surface area contributed by atoms with Crippen molar-refractivity contribution >= 4 is 11.0 Å². The summed E-state index contributed by atoms with van der Waals surface area (Å²) >= 11 is 0. The van der Waals surface area contributed by atoms with Gasteiger partial charge >= 0.3 is 0 Å². The summed E-state index contributed by atoms with van der Waals surface area (Å²) in [5.74, 6) is 0.557. The topological polar surface area (TPSA) is 68.9 Å². The summed E-state index contributed by atoms with van der Waals surface area (Å²) in [4.78, 5) is 12.5. The second-order valence-corrected chi connectivity index (χ2v) is 5.18. The molecule has 0 aliphatic heterocycles. The van der Waals surface area contributed by atoms with Gasteiger partial charge in [-0.1, -0.05) is 29.8 Å². The molecule has 23 heavy (non-hydrogen) atoms. The number of ether oxygens (including phenoxy) is 2. The first-order valence-corrected chi connectivity index (χ1v) is 7.04. The number of rotatable bonds is 3. The molecular formula is C18H16O5. The summed E-state index contributed by atoms with van der Waals surface area (Å²) in [7, 11) is 2.98. The highest BCUT2D eigenvalue weighted by atomic mass is 16.5. The highest BCUT2D eigenvalue weighted by Gasteiger charge is 2.18. The van der Waals surface area contributed by atoms with Gasteiger partial charge in [-0.05, 0) is 13.0 Å². The number of benzene rings is 2. The number of methoxy groups -OCH3 is 2. The summed E-state index contributed by atoms with van der Waals surface area (Å²) in [6, 6.07) is 10.4. The largest absolute Gasteiger partial charge is 0.502 e. The third kappa shape index (κ3) is 2.50. The molecule has 0 unspecified atom stereocenters. The first-order chi connectivity index (χ1) is 11.0. The van der Waals surface area contributed by atoms with Gasteiger partial charge in [-0.3, -0.25) is 4.79 Å². The molecule has 0 fully saturated rings. The van der Waals surface area contributed by atoms with E-state index in [1.807, 2.05) is 19.1 Å². The third-order valence-corrected chi connectivity index (χ3v) is 3.69. The Morgan fingerprint density at radius 2 is 1.61 bits per heavy atom. The lowest BCUT2D eigenvalue weighted by Crippen LogP contribution is -2.03. The van der Waals surface area contributed by atoms with Crippen molar-refractivity contribution < 1.29 is 19.0 Å². The highest BCUT2D eigenvalue weighted by molar-refractivity contribution is 5.85. The zero-order valence-corrected chi connectivity index (χ0v) is 13.0. The Balaban J connectivity index is 2.31. The van der Waals surface area contributed by atoms with Gasteiger partial charge in [0, 0.05) is 11.6 Å². The van der Waals surface area contributed by atoms with Crippen LogP contribution in [0.15, 0.2) is 45.6 Å². The SMILES string of the molecule is COc1cc2oc(-c3ccc(C)cc3)c(O)c(=O)c2cc1OC. The normalized spacial score (nSPS) is 10.7. The van der Waals surface area contributed by atoms with Crippen LogP contribution in [0, 0.1) is 6.92 Å². The molecule has 1 aromatic heterocycles. The smallest absolute Gasteiger partial charge is 0.235 e. The maximum Gasteiger partial charge on any atom is 0.235 e. The van der Waals surface area contributed by atoms with E-state index in [1.54, 1.807) is 18.2 Å². The van der Waals surface area contributed by atoms with Gasteiger partial charge in [-0.25, -0.2) is 0 Å². The van der Waals surface area contributed by atoms with E-state index >= 15 is 0 Å². The summed E-state index contributed by atoms with van der Waals surface area (Å²) in [6.07, 6.45) is 0. The summed E-state index contributed by atoms with van der Waals surface area (Å²) in [6.45, 7) is 1.96. The lowest BCUT2D eigenvalue weighted by Gasteiger charge is -2.10. The van der Waals surface area contributed by atoms with Crippen molar-refractivity contribution in [2.75, 3.05) is 14.2 Å². The zero-order valence-electron chi connectivity index (χ0n) is 13.0. The average molecular weight is 312 g/mol. The van der Waals surface area contributed by atoms with Crippen LogP contribution in [0.3, 0.4) is 0 Å². The fraction of sp³-hybridized carbons (Fsp3) is 0.167. The number of aromatic hydroxyl groups is 1. The van der Waals surface area contributed by atoms with Crippen molar-refractivity contribution in [3.8, 4) is 28.6 Å². The van der Waals surface area contributed by atoms with Crippen LogP contribution in [0.2, 0.25) is 0 Å². The number of fused-ring (bicyclic) bond motifs is 1. The molecule has 0 aliphatic carbocycles. The van der Waals surface area contributed by atoms with Gasteiger partial charge in [-0.15, -0.1) is 0 Å². The van der Waals surface area contributed by atoms with Crippen LogP contribution in [-0.4, -0.2) is 19.3 Å². The van der Waals surface area contributed by atoms with Crippen molar-refractivity contribution in [3.05, 3.63) is 52.2 Å². The van der Waals surface area contributed by atoms with Crippen molar-refractivity contribution in [1.82, 2.24) is 0 Å². The Kier molecular flexibility index (Phi) is 3.70. The summed E-state index contributed by atoms with van der Waals surface area (Å²) in [5.41, 5.74) is 1.51. The molecule has 1 heterocycles. The fourth-order valence-corrected chi connectivity index (χ4v) is 2.41. The van der Waals surface area contributed by atoms with E-state index in [0.29, 0.717) is 22.6 Å². The Bertz CT molecular complexity index is 923. The second kappa shape index (κ2) is 5.68. The van der Waals surface area contributed by atoms with Crippen molar-refractivity contribution in [2.24, 2.45) is 0 Å². The first-order valence-electron chi connectivity index (χ1n) is 7.04. The van der Waals surface area contributed by atoms with Crippen LogP contribution in [0.1, 0.15) is 5.56 Å². The van der Waals surface area contributed by atoms with Crippen molar-refractivity contribution in [2.45, 2.75) is 6.92 Å². The molecule has 5 nitrogen and oxygen atoms in total. The van der Waals surface area contributed by atoms with E-state index in [-0.39, 0.29) is 11.1 Å². The highest BCUT2D eigenvalue weighted by Crippen LogP contribution is 2.35. The molecule has 0 aliphatic rings. The van der Waals surface area contributed by atoms with E-state index in [0.717, 1.165) is 5.56 Å². The van der Waals surface area contributed by atoms with Crippen molar-refractivity contribution in [3.63, 3.8) is 0 Å². The number of aryl methyl sites for hydroxylation is 1. The second-order valence-electron chi connectivity index (χ2n) is 5.18. The van der Waals surface area contributed by atoms with Crippen molar-refractivity contribution in [1.29, 1.82) is 0 Å². The molecule has 3 rings (SSSR count). The molecule has 0 bridgehead atoms. The van der Waals surface area contributed by atoms with E-state index in [1.165, 1.54) is 20.3 Å². The van der Waals surface area contributed by atoms with Gasteiger partial charge in [0.2, 0.25) is 11.2 Å². The third-order valence-electron chi connectivity index (χ3n) is 3.69. The Morgan fingerprint density at radius 3 is 2.22 bits per heavy atom. The van der Waals surface area contributed by atoms with E-state index in [2.05, 4.69) is 0 Å². The van der Waals surface area contributed by atoms with Gasteiger partial charge in [0.15, 0.2) is 17.3 Å². The van der Waals surface area contributed by atoms with Gasteiger partial charge in [0.05, 0.1) is 19.6 Å². The lowest BCUT2D eigenvalue weighted by molar-refractivity contribution is 0.355. The molecule has 2 aromatic carbocycles. The maximum absolute atomic E-state index is 12.5. The minimum Gasteiger partial charge on any atom is -0.502 e. The molecule has 118 valence electrons. The van der Waals surface area contributed by atoms with Gasteiger partial charge in [0.1, 0.15) is 5.58 Å². The molecule has 0 saturated heterocycles. The Morgan fingerprint density at radius 1 is 1.00 bits per heavy atom. The fourth-order valence-electron chi connectivity index (χ4n) is 2.41. The molecule has 5 heteroatoms. The van der Waals surface area contributed by atoms with Crippen LogP contribution in [0.4, 0.5) is 0 Å². The molecule has 0 radical (unpaired) electrons. The molecule has 1 N–H and O–H groups in total. The van der Waals surface area contributed by atoms with Crippen LogP contribution >= 0.6 is 0 Å². The van der Waals surface area contributed by atoms with Gasteiger partial charge in [0.25, 0.3) is 0 Å². The molecule has 0 spiro atoms. The molecule has 3 aromatic rings. The molecule has 0 atom stereocenters. The average Bonchev–Trinajstić information content (AvgIpc) is 2.58. The minimum absolute atomic E-state index is 0.134. The summed E-state index contributed by atoms with van der Waals surface area (Å²) in [5, 5.41) is 10.5. The number of hydrogen-bond acceptors (Lipinski definition) is 5. The molecule has 0 amide bonds. The van der Waals surface area contributed by atoms with Gasteiger partial charge < -0.3 is 19.0 Å². The first kappa shape index (κ1) is 15.0. The lowest BCUT2D eigenvalue weighted by atomic mass is 10.1. The predicted molar refractivity (Wildman–Crippen MR) is 87.4 cm³/mol. The number of hydrogen-bond donors (Lipinski definition) is 1. The van der Waals surface area contributed by atoms with E-state index < -0.39 is 11.2 Å². The zero-order chi connectivity index (χ0) is 16.6. The Hall–Kier alpha value is -2.95. The standard InChI is InChI=1S/C18H16O5/c1-10-4-6-11(7-5-10)18-17(20)16(19)12-8-14(21-2)15(22-3)9-13(12)23-18/h4-9,20H,1-3H3. The predicted octanol–water partition coefficient (Wildman–Crippen LogP) is 3.49. The van der Waals surface area contributed by atoms with E-state index in [4.69, 9.17) is 13.9 Å². The van der Waals surface area contributed by atoms with Gasteiger partial charge in [-0.2, -0.15) is 0 Å².